The quantitative estimate of drug-likeness (QED) is 0.287. The van der Waals surface area contributed by atoms with E-state index >= 15 is 0 Å². The van der Waals surface area contributed by atoms with E-state index in [9.17, 15) is 19.2 Å². The van der Waals surface area contributed by atoms with Crippen LogP contribution in [0, 0.1) is 6.92 Å². The van der Waals surface area contributed by atoms with Gasteiger partial charge in [-0.3, -0.25) is 24.2 Å². The van der Waals surface area contributed by atoms with Gasteiger partial charge < -0.3 is 14.6 Å². The van der Waals surface area contributed by atoms with Gasteiger partial charge in [0.15, 0.2) is 5.69 Å². The Bertz CT molecular complexity index is 1700. The van der Waals surface area contributed by atoms with Crippen LogP contribution in [-0.2, 0) is 23.0 Å². The molecule has 0 bridgehead atoms. The summed E-state index contributed by atoms with van der Waals surface area (Å²) in [4.78, 5) is 56.1. The number of methoxy groups -OCH3 is 1. The molecule has 2 aliphatic rings. The van der Waals surface area contributed by atoms with Gasteiger partial charge in [-0.15, -0.1) is 0 Å². The summed E-state index contributed by atoms with van der Waals surface area (Å²) < 4.78 is 6.76. The third-order valence-electron chi connectivity index (χ3n) is 8.10. The van der Waals surface area contributed by atoms with E-state index in [1.54, 1.807) is 35.9 Å². The third kappa shape index (κ3) is 4.48. The molecule has 9 heteroatoms. The summed E-state index contributed by atoms with van der Waals surface area (Å²) in [6, 6.07) is 20.2. The molecule has 3 amide bonds. The molecule has 6 rings (SSSR count). The highest BCUT2D eigenvalue weighted by Crippen LogP contribution is 2.35. The predicted molar refractivity (Wildman–Crippen MR) is 154 cm³/mol. The van der Waals surface area contributed by atoms with Crippen LogP contribution in [0.2, 0.25) is 0 Å². The highest BCUT2D eigenvalue weighted by Gasteiger charge is 2.39. The standard InChI is InChI=1S/C32H30N4O5/c1-19-12-13-25-24(16-19)28(29(34(25)2)32(40)41-3)33-27(37)18-35-15-14-20-8-4-5-9-21(20)26(35)17-36-30(38)22-10-6-7-11-23(22)31(36)39/h4-13,16,26H,14-15,17-18H2,1-3H3,(H,33,37). The van der Waals surface area contributed by atoms with Crippen LogP contribution in [0.25, 0.3) is 10.9 Å². The molecule has 1 unspecified atom stereocenters. The average molecular weight is 551 g/mol. The first-order valence-corrected chi connectivity index (χ1v) is 13.5. The van der Waals surface area contributed by atoms with Crippen LogP contribution in [0.4, 0.5) is 5.69 Å². The number of aromatic nitrogens is 1. The Hall–Kier alpha value is -4.76. The van der Waals surface area contributed by atoms with Gasteiger partial charge in [-0.2, -0.15) is 0 Å². The van der Waals surface area contributed by atoms with Crippen molar-refractivity contribution in [1.82, 2.24) is 14.4 Å². The highest BCUT2D eigenvalue weighted by molar-refractivity contribution is 6.21. The Morgan fingerprint density at radius 2 is 1.66 bits per heavy atom. The fourth-order valence-corrected chi connectivity index (χ4v) is 6.07. The molecular formula is C32H30N4O5. The van der Waals surface area contributed by atoms with Gasteiger partial charge in [0.25, 0.3) is 11.8 Å². The minimum Gasteiger partial charge on any atom is -0.464 e. The van der Waals surface area contributed by atoms with Crippen LogP contribution in [0.5, 0.6) is 0 Å². The van der Waals surface area contributed by atoms with E-state index in [1.165, 1.54) is 12.0 Å². The number of nitrogens with zero attached hydrogens (tertiary/aromatic N) is 3. The van der Waals surface area contributed by atoms with E-state index < -0.39 is 5.97 Å². The first kappa shape index (κ1) is 26.5. The Balaban J connectivity index is 1.31. The van der Waals surface area contributed by atoms with Crippen molar-refractivity contribution in [2.45, 2.75) is 19.4 Å². The second-order valence-corrected chi connectivity index (χ2v) is 10.5. The van der Waals surface area contributed by atoms with Crippen LogP contribution in [0.1, 0.15) is 53.9 Å². The number of aryl methyl sites for hydroxylation is 2. The Morgan fingerprint density at radius 1 is 0.976 bits per heavy atom. The number of benzene rings is 3. The van der Waals surface area contributed by atoms with Gasteiger partial charge in [0.05, 0.1) is 42.0 Å². The monoisotopic (exact) mass is 550 g/mol. The number of hydrogen-bond donors (Lipinski definition) is 1. The molecular weight excluding hydrogens is 520 g/mol. The van der Waals surface area contributed by atoms with Crippen molar-refractivity contribution < 1.29 is 23.9 Å². The molecule has 1 N–H and O–H groups in total. The van der Waals surface area contributed by atoms with Gasteiger partial charge in [0.1, 0.15) is 0 Å². The minimum atomic E-state index is -0.549. The minimum absolute atomic E-state index is 0.00495. The summed E-state index contributed by atoms with van der Waals surface area (Å²) in [5, 5.41) is 3.73. The normalized spacial score (nSPS) is 16.6. The number of rotatable bonds is 6. The largest absolute Gasteiger partial charge is 0.464 e. The molecule has 0 saturated heterocycles. The van der Waals surface area contributed by atoms with E-state index in [1.807, 2.05) is 54.3 Å². The molecule has 4 aromatic rings. The molecule has 0 fully saturated rings. The van der Waals surface area contributed by atoms with Crippen LogP contribution in [0.15, 0.2) is 66.7 Å². The van der Waals surface area contributed by atoms with Crippen molar-refractivity contribution in [1.29, 1.82) is 0 Å². The van der Waals surface area contributed by atoms with E-state index in [4.69, 9.17) is 4.74 Å². The number of carbonyl (C=O) groups is 4. The van der Waals surface area contributed by atoms with E-state index in [0.29, 0.717) is 23.4 Å². The molecule has 3 heterocycles. The zero-order valence-electron chi connectivity index (χ0n) is 23.1. The average Bonchev–Trinajstić information content (AvgIpc) is 3.38. The van der Waals surface area contributed by atoms with E-state index in [-0.39, 0.29) is 42.5 Å². The number of nitrogens with one attached hydrogen (secondary N) is 1. The van der Waals surface area contributed by atoms with Crippen molar-refractivity contribution in [3.05, 3.63) is 100 Å². The topological polar surface area (TPSA) is 101 Å². The van der Waals surface area contributed by atoms with Crippen LogP contribution in [-0.4, -0.2) is 64.8 Å². The summed E-state index contributed by atoms with van der Waals surface area (Å²) >= 11 is 0. The number of imide groups is 1. The summed E-state index contributed by atoms with van der Waals surface area (Å²) in [5.74, 6) is -1.51. The number of fused-ring (bicyclic) bond motifs is 3. The lowest BCUT2D eigenvalue weighted by molar-refractivity contribution is -0.118. The number of carbonyl (C=O) groups excluding carboxylic acids is 4. The Labute approximate surface area is 237 Å². The van der Waals surface area contributed by atoms with Crippen LogP contribution >= 0.6 is 0 Å². The molecule has 0 aliphatic carbocycles. The van der Waals surface area contributed by atoms with Gasteiger partial charge in [0.2, 0.25) is 5.91 Å². The van der Waals surface area contributed by atoms with Gasteiger partial charge in [-0.25, -0.2) is 4.79 Å². The fraction of sp³-hybridized carbons (Fsp3) is 0.250. The van der Waals surface area contributed by atoms with Crippen molar-refractivity contribution >= 4 is 40.3 Å². The van der Waals surface area contributed by atoms with Gasteiger partial charge in [-0.05, 0) is 48.7 Å². The first-order valence-electron chi connectivity index (χ1n) is 13.5. The lowest BCUT2D eigenvalue weighted by Crippen LogP contribution is -2.46. The van der Waals surface area contributed by atoms with Gasteiger partial charge in [0, 0.05) is 25.5 Å². The zero-order chi connectivity index (χ0) is 28.8. The van der Waals surface area contributed by atoms with E-state index in [2.05, 4.69) is 5.32 Å². The summed E-state index contributed by atoms with van der Waals surface area (Å²) in [7, 11) is 3.07. The number of amides is 3. The van der Waals surface area contributed by atoms with Crippen molar-refractivity contribution in [2.24, 2.45) is 7.05 Å². The second-order valence-electron chi connectivity index (χ2n) is 10.5. The molecule has 2 aliphatic heterocycles. The predicted octanol–water partition coefficient (Wildman–Crippen LogP) is 4.11. The molecule has 1 aromatic heterocycles. The maximum atomic E-state index is 13.6. The van der Waals surface area contributed by atoms with Gasteiger partial charge in [-0.1, -0.05) is 48.0 Å². The summed E-state index contributed by atoms with van der Waals surface area (Å²) in [6.45, 7) is 2.64. The molecule has 0 spiro atoms. The SMILES string of the molecule is COC(=O)c1c(NC(=O)CN2CCc3ccccc3C2CN2C(=O)c3ccccc3C2=O)c2cc(C)ccc2n1C. The lowest BCUT2D eigenvalue weighted by Gasteiger charge is -2.38. The Morgan fingerprint density at radius 3 is 2.37 bits per heavy atom. The number of esters is 1. The van der Waals surface area contributed by atoms with Crippen LogP contribution in [0.3, 0.4) is 0 Å². The molecule has 1 atom stereocenters. The third-order valence-corrected chi connectivity index (χ3v) is 8.10. The maximum absolute atomic E-state index is 13.6. The number of ether oxygens (including phenoxy) is 1. The first-order chi connectivity index (χ1) is 19.8. The maximum Gasteiger partial charge on any atom is 0.356 e. The molecule has 9 nitrogen and oxygen atoms in total. The molecule has 208 valence electrons. The van der Waals surface area contributed by atoms with E-state index in [0.717, 1.165) is 34.0 Å². The van der Waals surface area contributed by atoms with Gasteiger partial charge >= 0.3 is 5.97 Å². The molecule has 3 aromatic carbocycles. The molecule has 0 radical (unpaired) electrons. The fourth-order valence-electron chi connectivity index (χ4n) is 6.07. The van der Waals surface area contributed by atoms with Crippen molar-refractivity contribution in [3.8, 4) is 0 Å². The van der Waals surface area contributed by atoms with Crippen molar-refractivity contribution in [3.63, 3.8) is 0 Å². The smallest absolute Gasteiger partial charge is 0.356 e. The van der Waals surface area contributed by atoms with Crippen LogP contribution < -0.4 is 5.32 Å². The highest BCUT2D eigenvalue weighted by atomic mass is 16.5. The summed E-state index contributed by atoms with van der Waals surface area (Å²) in [6.07, 6.45) is 0.725. The Kier molecular flexibility index (Phi) is 6.67. The molecule has 41 heavy (non-hydrogen) atoms. The lowest BCUT2D eigenvalue weighted by atomic mass is 9.92. The zero-order valence-corrected chi connectivity index (χ0v) is 23.1. The van der Waals surface area contributed by atoms with Crippen molar-refractivity contribution in [2.75, 3.05) is 32.1 Å². The summed E-state index contributed by atoms with van der Waals surface area (Å²) in [5.41, 5.74) is 5.35. The molecule has 0 saturated carbocycles. The number of hydrogen-bond acceptors (Lipinski definition) is 6. The number of anilines is 1. The second kappa shape index (κ2) is 10.3.